The predicted molar refractivity (Wildman–Crippen MR) is 118 cm³/mol. The third-order valence-corrected chi connectivity index (χ3v) is 5.02. The van der Waals surface area contributed by atoms with Gasteiger partial charge in [-0.2, -0.15) is 0 Å². The van der Waals surface area contributed by atoms with Crippen LogP contribution in [0.3, 0.4) is 0 Å². The van der Waals surface area contributed by atoms with E-state index in [-0.39, 0.29) is 25.0 Å². The number of benzene rings is 2. The average Bonchev–Trinajstić information content (AvgIpc) is 2.77. The lowest BCUT2D eigenvalue weighted by atomic mass is 10.1. The Morgan fingerprint density at radius 3 is 2.33 bits per heavy atom. The normalized spacial score (nSPS) is 11.5. The molecule has 2 aromatic carbocycles. The first-order valence-electron chi connectivity index (χ1n) is 10.1. The van der Waals surface area contributed by atoms with Crippen LogP contribution in [0.25, 0.3) is 0 Å². The Kier molecular flexibility index (Phi) is 9.48. The first-order valence-corrected chi connectivity index (χ1v) is 10.4. The molecule has 1 N–H and O–H groups in total. The quantitative estimate of drug-likeness (QED) is 0.581. The van der Waals surface area contributed by atoms with Gasteiger partial charge in [-0.25, -0.2) is 0 Å². The predicted octanol–water partition coefficient (Wildman–Crippen LogP) is 4.06. The summed E-state index contributed by atoms with van der Waals surface area (Å²) in [7, 11) is 1.58. The molecule has 1 unspecified atom stereocenters. The maximum Gasteiger partial charge on any atom is 0.261 e. The average molecular weight is 433 g/mol. The summed E-state index contributed by atoms with van der Waals surface area (Å²) in [5, 5.41) is 3.44. The minimum atomic E-state index is -0.611. The van der Waals surface area contributed by atoms with Crippen LogP contribution in [-0.2, 0) is 16.1 Å². The number of rotatable bonds is 11. The maximum absolute atomic E-state index is 13.1. The number of carbonyl (C=O) groups excluding carboxylic acids is 2. The molecule has 6 nitrogen and oxygen atoms in total. The lowest BCUT2D eigenvalue weighted by Crippen LogP contribution is -2.50. The van der Waals surface area contributed by atoms with Crippen LogP contribution in [0.4, 0.5) is 0 Å². The van der Waals surface area contributed by atoms with E-state index in [0.29, 0.717) is 29.5 Å². The molecule has 0 radical (unpaired) electrons. The van der Waals surface area contributed by atoms with Crippen molar-refractivity contribution in [3.63, 3.8) is 0 Å². The van der Waals surface area contributed by atoms with Crippen LogP contribution < -0.4 is 14.8 Å². The van der Waals surface area contributed by atoms with Crippen LogP contribution in [0.15, 0.2) is 48.5 Å². The van der Waals surface area contributed by atoms with Crippen molar-refractivity contribution in [1.29, 1.82) is 0 Å². The van der Waals surface area contributed by atoms with Crippen LogP contribution in [0.2, 0.25) is 5.02 Å². The summed E-state index contributed by atoms with van der Waals surface area (Å²) >= 11 is 6.30. The van der Waals surface area contributed by atoms with Gasteiger partial charge in [0.25, 0.3) is 5.91 Å². The second-order valence-electron chi connectivity index (χ2n) is 6.79. The number of halogens is 1. The third-order valence-electron chi connectivity index (χ3n) is 4.66. The van der Waals surface area contributed by atoms with Crippen LogP contribution in [0, 0.1) is 0 Å². The molecule has 0 aliphatic carbocycles. The van der Waals surface area contributed by atoms with Gasteiger partial charge in [0, 0.05) is 18.1 Å². The molecule has 0 saturated heterocycles. The molecule has 0 bridgehead atoms. The first kappa shape index (κ1) is 23.5. The number of ether oxygens (including phenoxy) is 2. The lowest BCUT2D eigenvalue weighted by Gasteiger charge is -2.30. The minimum absolute atomic E-state index is 0.177. The highest BCUT2D eigenvalue weighted by molar-refractivity contribution is 6.31. The molecule has 1 atom stereocenters. The molecule has 0 heterocycles. The van der Waals surface area contributed by atoms with Crippen molar-refractivity contribution < 1.29 is 19.1 Å². The molecule has 0 spiro atoms. The minimum Gasteiger partial charge on any atom is -0.497 e. The van der Waals surface area contributed by atoms with Gasteiger partial charge in [-0.3, -0.25) is 9.59 Å². The molecule has 0 saturated carbocycles. The number of hydrogen-bond donors (Lipinski definition) is 1. The fourth-order valence-corrected chi connectivity index (χ4v) is 3.19. The van der Waals surface area contributed by atoms with Gasteiger partial charge in [0.15, 0.2) is 6.61 Å². The summed E-state index contributed by atoms with van der Waals surface area (Å²) in [6.07, 6.45) is 1.30. The second-order valence-corrected chi connectivity index (χ2v) is 7.20. The largest absolute Gasteiger partial charge is 0.497 e. The number of hydrogen-bond acceptors (Lipinski definition) is 4. The fraction of sp³-hybridized carbons (Fsp3) is 0.391. The number of methoxy groups -OCH3 is 1. The van der Waals surface area contributed by atoms with Gasteiger partial charge in [-0.15, -0.1) is 0 Å². The van der Waals surface area contributed by atoms with Crippen molar-refractivity contribution in [2.24, 2.45) is 0 Å². The van der Waals surface area contributed by atoms with Crippen LogP contribution in [0.5, 0.6) is 11.5 Å². The highest BCUT2D eigenvalue weighted by Gasteiger charge is 2.29. The number of nitrogens with zero attached hydrogens (tertiary/aromatic N) is 1. The van der Waals surface area contributed by atoms with Gasteiger partial charge >= 0.3 is 0 Å². The van der Waals surface area contributed by atoms with E-state index in [0.717, 1.165) is 12.0 Å². The molecular formula is C23H29ClN2O4. The Bertz CT molecular complexity index is 826. The zero-order valence-corrected chi connectivity index (χ0v) is 18.4. The summed E-state index contributed by atoms with van der Waals surface area (Å²) in [5.41, 5.74) is 0.777. The van der Waals surface area contributed by atoms with E-state index in [9.17, 15) is 9.59 Å². The van der Waals surface area contributed by atoms with Gasteiger partial charge in [0.1, 0.15) is 17.5 Å². The Hall–Kier alpha value is -2.73. The highest BCUT2D eigenvalue weighted by Crippen LogP contribution is 2.21. The number of carbonyl (C=O) groups is 2. The summed E-state index contributed by atoms with van der Waals surface area (Å²) in [5.74, 6) is 0.784. The number of amides is 2. The summed E-state index contributed by atoms with van der Waals surface area (Å²) in [4.78, 5) is 27.3. The topological polar surface area (TPSA) is 67.9 Å². The molecule has 7 heteroatoms. The summed E-state index contributed by atoms with van der Waals surface area (Å²) in [6.45, 7) is 4.46. The lowest BCUT2D eigenvalue weighted by molar-refractivity contribution is -0.143. The van der Waals surface area contributed by atoms with E-state index in [1.54, 1.807) is 37.4 Å². The van der Waals surface area contributed by atoms with Gasteiger partial charge in [-0.1, -0.05) is 43.6 Å². The molecule has 30 heavy (non-hydrogen) atoms. The van der Waals surface area contributed by atoms with E-state index in [4.69, 9.17) is 21.1 Å². The van der Waals surface area contributed by atoms with E-state index < -0.39 is 6.04 Å². The highest BCUT2D eigenvalue weighted by atomic mass is 35.5. The molecule has 2 aromatic rings. The SMILES string of the molecule is CCCNC(=O)C(CC)N(Cc1ccccc1Cl)C(=O)COc1ccc(OC)cc1. The molecule has 0 aliphatic heterocycles. The Balaban J connectivity index is 2.18. The van der Waals surface area contributed by atoms with E-state index in [1.165, 1.54) is 4.90 Å². The van der Waals surface area contributed by atoms with Crippen molar-refractivity contribution in [3.05, 3.63) is 59.1 Å². The molecule has 0 fully saturated rings. The summed E-state index contributed by atoms with van der Waals surface area (Å²) in [6, 6.07) is 13.7. The monoisotopic (exact) mass is 432 g/mol. The smallest absolute Gasteiger partial charge is 0.261 e. The molecule has 162 valence electrons. The Morgan fingerprint density at radius 1 is 1.07 bits per heavy atom. The van der Waals surface area contributed by atoms with E-state index in [1.807, 2.05) is 32.0 Å². The zero-order chi connectivity index (χ0) is 21.9. The Labute approximate surface area is 183 Å². The van der Waals surface area contributed by atoms with Gasteiger partial charge < -0.3 is 19.7 Å². The molecule has 2 amide bonds. The Morgan fingerprint density at radius 2 is 1.73 bits per heavy atom. The molecular weight excluding hydrogens is 404 g/mol. The first-order chi connectivity index (χ1) is 14.5. The third kappa shape index (κ3) is 6.66. The van der Waals surface area contributed by atoms with E-state index in [2.05, 4.69) is 5.32 Å². The second kappa shape index (κ2) is 12.1. The maximum atomic E-state index is 13.1. The zero-order valence-electron chi connectivity index (χ0n) is 17.7. The van der Waals surface area contributed by atoms with Crippen LogP contribution in [0.1, 0.15) is 32.3 Å². The van der Waals surface area contributed by atoms with Gasteiger partial charge in [0.05, 0.1) is 7.11 Å². The van der Waals surface area contributed by atoms with E-state index >= 15 is 0 Å². The molecule has 2 rings (SSSR count). The fourth-order valence-electron chi connectivity index (χ4n) is 3.00. The van der Waals surface area contributed by atoms with Crippen molar-refractivity contribution >= 4 is 23.4 Å². The van der Waals surface area contributed by atoms with Crippen molar-refractivity contribution in [2.75, 3.05) is 20.3 Å². The van der Waals surface area contributed by atoms with Crippen molar-refractivity contribution in [2.45, 2.75) is 39.3 Å². The standard InChI is InChI=1S/C23H29ClN2O4/c1-4-14-25-23(28)21(5-2)26(15-17-8-6-7-9-20(17)24)22(27)16-30-19-12-10-18(29-3)11-13-19/h6-13,21H,4-5,14-16H2,1-3H3,(H,25,28). The number of nitrogens with one attached hydrogen (secondary N) is 1. The van der Waals surface area contributed by atoms with Crippen molar-refractivity contribution in [1.82, 2.24) is 10.2 Å². The molecule has 0 aliphatic rings. The van der Waals surface area contributed by atoms with Crippen LogP contribution in [-0.4, -0.2) is 43.0 Å². The molecule has 0 aromatic heterocycles. The van der Waals surface area contributed by atoms with Crippen molar-refractivity contribution in [3.8, 4) is 11.5 Å². The van der Waals surface area contributed by atoms with Gasteiger partial charge in [0.2, 0.25) is 5.91 Å². The summed E-state index contributed by atoms with van der Waals surface area (Å²) < 4.78 is 10.8. The van der Waals surface area contributed by atoms with Crippen LogP contribution >= 0.6 is 11.6 Å². The van der Waals surface area contributed by atoms with Gasteiger partial charge in [-0.05, 0) is 48.7 Å².